The highest BCUT2D eigenvalue weighted by molar-refractivity contribution is 5.52. The van der Waals surface area contributed by atoms with Gasteiger partial charge in [-0.25, -0.2) is 0 Å². The van der Waals surface area contributed by atoms with Gasteiger partial charge in [0.05, 0.1) is 0 Å². The first kappa shape index (κ1) is 25.1. The monoisotopic (exact) mass is 454 g/mol. The number of alkyl halides is 12. The normalized spacial score (nSPS) is 15.0. The second kappa shape index (κ2) is 6.82. The van der Waals surface area contributed by atoms with Gasteiger partial charge in [0.2, 0.25) is 0 Å². The quantitative estimate of drug-likeness (QED) is 0.587. The van der Waals surface area contributed by atoms with Crippen LogP contribution in [0.25, 0.3) is 0 Å². The molecule has 1 aromatic carbocycles. The van der Waals surface area contributed by atoms with Crippen LogP contribution in [0.5, 0.6) is 5.75 Å². The van der Waals surface area contributed by atoms with E-state index in [1.165, 1.54) is 0 Å². The van der Waals surface area contributed by atoms with E-state index >= 15 is 0 Å². The Labute approximate surface area is 153 Å². The zero-order valence-electron chi connectivity index (χ0n) is 13.7. The van der Waals surface area contributed by atoms with Crippen molar-refractivity contribution in [3.8, 4) is 5.75 Å². The van der Waals surface area contributed by atoms with Crippen LogP contribution in [0.15, 0.2) is 12.1 Å². The van der Waals surface area contributed by atoms with Crippen molar-refractivity contribution in [1.29, 1.82) is 0 Å². The molecule has 3 N–H and O–H groups in total. The zero-order valence-corrected chi connectivity index (χ0v) is 13.7. The van der Waals surface area contributed by atoms with Gasteiger partial charge in [0.25, 0.3) is 11.2 Å². The first-order valence-corrected chi connectivity index (χ1v) is 7.15. The number of rotatable bonds is 3. The van der Waals surface area contributed by atoms with Crippen LogP contribution in [0.2, 0.25) is 0 Å². The molecule has 0 aromatic heterocycles. The minimum atomic E-state index is -6.72. The summed E-state index contributed by atoms with van der Waals surface area (Å²) >= 11 is 0. The molecule has 0 radical (unpaired) electrons. The Kier molecular flexibility index (Phi) is 5.91. The summed E-state index contributed by atoms with van der Waals surface area (Å²) in [5.74, 6) is -2.88. The predicted molar refractivity (Wildman–Crippen MR) is 69.5 cm³/mol. The second-order valence-electron chi connectivity index (χ2n) is 5.80. The Bertz CT molecular complexity index is 670. The van der Waals surface area contributed by atoms with Crippen molar-refractivity contribution in [2.24, 2.45) is 0 Å². The summed E-state index contributed by atoms with van der Waals surface area (Å²) in [6.07, 6.45) is -27.6. The van der Waals surface area contributed by atoms with Crippen LogP contribution in [0, 0.1) is 0 Å². The molecule has 0 amide bonds. The lowest BCUT2D eigenvalue weighted by Crippen LogP contribution is -2.56. The van der Waals surface area contributed by atoms with Gasteiger partial charge in [0.15, 0.2) is 0 Å². The van der Waals surface area contributed by atoms with Crippen molar-refractivity contribution in [3.05, 3.63) is 28.8 Å². The number of hydrogen-bond acceptors (Lipinski definition) is 3. The fourth-order valence-electron chi connectivity index (χ4n) is 2.38. The molecule has 0 unspecified atom stereocenters. The van der Waals surface area contributed by atoms with E-state index in [-0.39, 0.29) is 12.1 Å². The lowest BCUT2D eigenvalue weighted by molar-refractivity contribution is -0.378. The summed E-state index contributed by atoms with van der Waals surface area (Å²) in [4.78, 5) is 0. The smallest absolute Gasteiger partial charge is 0.430 e. The van der Waals surface area contributed by atoms with Crippen molar-refractivity contribution < 1.29 is 68.0 Å². The molecule has 0 aliphatic heterocycles. The van der Waals surface area contributed by atoms with Gasteiger partial charge in [-0.3, -0.25) is 0 Å². The molecule has 15 heteroatoms. The van der Waals surface area contributed by atoms with E-state index in [1.54, 1.807) is 0 Å². The highest BCUT2D eigenvalue weighted by Gasteiger charge is 2.75. The van der Waals surface area contributed by atoms with Crippen LogP contribution in [-0.4, -0.2) is 40.0 Å². The topological polar surface area (TPSA) is 60.7 Å². The molecule has 0 fully saturated rings. The number of aromatic hydroxyl groups is 1. The van der Waals surface area contributed by atoms with Crippen LogP contribution in [-0.2, 0) is 17.6 Å². The third kappa shape index (κ3) is 3.69. The van der Waals surface area contributed by atoms with Gasteiger partial charge >= 0.3 is 24.7 Å². The van der Waals surface area contributed by atoms with Crippen LogP contribution in [0.1, 0.15) is 23.6 Å². The van der Waals surface area contributed by atoms with Crippen LogP contribution in [0.4, 0.5) is 52.7 Å². The van der Waals surface area contributed by atoms with E-state index in [1.807, 2.05) is 0 Å². The molecule has 0 saturated heterocycles. The fourth-order valence-corrected chi connectivity index (χ4v) is 2.38. The minimum Gasteiger partial charge on any atom is -0.507 e. The van der Waals surface area contributed by atoms with Gasteiger partial charge < -0.3 is 15.3 Å². The Hall–Kier alpha value is -1.90. The van der Waals surface area contributed by atoms with Crippen molar-refractivity contribution in [1.82, 2.24) is 0 Å². The molecular weight excluding hydrogens is 444 g/mol. The van der Waals surface area contributed by atoms with Crippen molar-refractivity contribution in [3.63, 3.8) is 0 Å². The van der Waals surface area contributed by atoms with Crippen LogP contribution in [0.3, 0.4) is 0 Å². The molecule has 0 bridgehead atoms. The Morgan fingerprint density at radius 2 is 0.862 bits per heavy atom. The molecular formula is C14H10F12O3. The molecule has 168 valence electrons. The number of phenolic OH excluding ortho intramolecular Hbond substituents is 1. The van der Waals surface area contributed by atoms with E-state index in [0.29, 0.717) is 0 Å². The maximum absolute atomic E-state index is 13.0. The molecule has 0 atom stereocenters. The van der Waals surface area contributed by atoms with Crippen LogP contribution < -0.4 is 0 Å². The number of phenols is 1. The Morgan fingerprint density at radius 1 is 0.621 bits per heavy atom. The maximum atomic E-state index is 13.0. The maximum Gasteiger partial charge on any atom is 0.430 e. The Balaban J connectivity index is 4.19. The third-order valence-corrected chi connectivity index (χ3v) is 4.00. The number of hydrogen-bond donors (Lipinski definition) is 3. The summed E-state index contributed by atoms with van der Waals surface area (Å²) in [7, 11) is 0. The van der Waals surface area contributed by atoms with Crippen LogP contribution >= 0.6 is 0 Å². The van der Waals surface area contributed by atoms with Gasteiger partial charge in [0.1, 0.15) is 5.75 Å². The van der Waals surface area contributed by atoms with Gasteiger partial charge in [-0.1, -0.05) is 6.92 Å². The third-order valence-electron chi connectivity index (χ3n) is 4.00. The molecule has 0 heterocycles. The van der Waals surface area contributed by atoms with E-state index in [2.05, 4.69) is 0 Å². The first-order chi connectivity index (χ1) is 12.6. The Morgan fingerprint density at radius 3 is 1.03 bits per heavy atom. The molecule has 0 saturated carbocycles. The molecule has 0 aliphatic rings. The summed E-state index contributed by atoms with van der Waals surface area (Å²) < 4.78 is 156. The number of aryl methyl sites for hydroxylation is 1. The van der Waals surface area contributed by atoms with E-state index < -0.39 is 64.8 Å². The molecule has 29 heavy (non-hydrogen) atoms. The summed E-state index contributed by atoms with van der Waals surface area (Å²) in [5, 5.41) is 28.2. The van der Waals surface area contributed by atoms with Gasteiger partial charge in [0, 0.05) is 11.1 Å². The first-order valence-electron chi connectivity index (χ1n) is 7.15. The summed E-state index contributed by atoms with van der Waals surface area (Å²) in [6.45, 7) is 0.931. The minimum absolute atomic E-state index is 0.257. The lowest BCUT2D eigenvalue weighted by atomic mass is 9.82. The van der Waals surface area contributed by atoms with Crippen molar-refractivity contribution in [2.45, 2.75) is 49.3 Å². The number of aliphatic hydroxyl groups is 2. The highest BCUT2D eigenvalue weighted by Crippen LogP contribution is 2.57. The highest BCUT2D eigenvalue weighted by atomic mass is 19.4. The average molecular weight is 454 g/mol. The standard InChI is InChI=1S/C14H10F12O3/c1-2-5-3-6(9(28,11(15,16)17)12(18,19)20)8(27)7(4-5)10(29,13(21,22)23)14(24,25)26/h3-4,27-29H,2H2,1H3. The zero-order chi connectivity index (χ0) is 23.4. The largest absolute Gasteiger partial charge is 0.507 e. The molecule has 0 aliphatic carbocycles. The summed E-state index contributed by atoms with van der Waals surface area (Å²) in [5.41, 5.74) is -18.6. The van der Waals surface area contributed by atoms with E-state index in [9.17, 15) is 68.0 Å². The SMILES string of the molecule is CCc1cc(C(O)(C(F)(F)F)C(F)(F)F)c(O)c(C(O)(C(F)(F)F)C(F)(F)F)c1. The summed E-state index contributed by atoms with van der Waals surface area (Å²) in [6, 6.07) is -0.514. The number of benzene rings is 1. The molecule has 1 aromatic rings. The second-order valence-corrected chi connectivity index (χ2v) is 5.80. The number of halogens is 12. The predicted octanol–water partition coefficient (Wildman–Crippen LogP) is 4.58. The lowest BCUT2D eigenvalue weighted by Gasteiger charge is -2.37. The van der Waals surface area contributed by atoms with Gasteiger partial charge in [-0.2, -0.15) is 52.7 Å². The molecule has 0 spiro atoms. The van der Waals surface area contributed by atoms with Crippen molar-refractivity contribution >= 4 is 0 Å². The average Bonchev–Trinajstić information content (AvgIpc) is 2.49. The van der Waals surface area contributed by atoms with E-state index in [4.69, 9.17) is 0 Å². The van der Waals surface area contributed by atoms with Crippen molar-refractivity contribution in [2.75, 3.05) is 0 Å². The fraction of sp³-hybridized carbons (Fsp3) is 0.571. The van der Waals surface area contributed by atoms with Gasteiger partial charge in [-0.15, -0.1) is 0 Å². The molecule has 3 nitrogen and oxygen atoms in total. The van der Waals surface area contributed by atoms with E-state index in [0.717, 1.165) is 6.92 Å². The molecule has 1 rings (SSSR count). The van der Waals surface area contributed by atoms with Gasteiger partial charge in [-0.05, 0) is 24.1 Å².